The van der Waals surface area contributed by atoms with Gasteiger partial charge in [-0.15, -0.1) is 11.3 Å². The van der Waals surface area contributed by atoms with Crippen LogP contribution >= 0.6 is 11.3 Å². The number of hydrogen-bond acceptors (Lipinski definition) is 5. The lowest BCUT2D eigenvalue weighted by Gasteiger charge is -2.32. The van der Waals surface area contributed by atoms with E-state index in [1.54, 1.807) is 16.2 Å². The van der Waals surface area contributed by atoms with Gasteiger partial charge in [0.05, 0.1) is 19.8 Å². The van der Waals surface area contributed by atoms with Crippen molar-refractivity contribution >= 4 is 29.0 Å². The molecule has 226 valence electrons. The van der Waals surface area contributed by atoms with Crippen LogP contribution in [0.1, 0.15) is 66.0 Å². The van der Waals surface area contributed by atoms with Crippen molar-refractivity contribution in [2.45, 2.75) is 59.5 Å². The van der Waals surface area contributed by atoms with E-state index in [9.17, 15) is 9.59 Å². The summed E-state index contributed by atoms with van der Waals surface area (Å²) in [5, 5.41) is 3.25. The van der Waals surface area contributed by atoms with E-state index >= 15 is 0 Å². The van der Waals surface area contributed by atoms with Gasteiger partial charge in [0.2, 0.25) is 5.91 Å². The number of carbonyl (C=O) groups excluding carboxylic acids is 2. The van der Waals surface area contributed by atoms with E-state index in [2.05, 4.69) is 75.2 Å². The first-order chi connectivity index (χ1) is 20.2. The Morgan fingerprint density at radius 3 is 2.14 bits per heavy atom. The van der Waals surface area contributed by atoms with Gasteiger partial charge in [0, 0.05) is 48.2 Å². The van der Waals surface area contributed by atoms with Gasteiger partial charge in [-0.1, -0.05) is 76.2 Å². The molecule has 0 saturated carbocycles. The van der Waals surface area contributed by atoms with Crippen LogP contribution in [0.2, 0.25) is 0 Å². The molecule has 1 aliphatic heterocycles. The molecular formula is C34H46N4O3S. The minimum Gasteiger partial charge on any atom is -0.379 e. The van der Waals surface area contributed by atoms with Crippen LogP contribution in [0.5, 0.6) is 0 Å². The van der Waals surface area contributed by atoms with E-state index in [0.29, 0.717) is 39.4 Å². The summed E-state index contributed by atoms with van der Waals surface area (Å²) in [7, 11) is 0. The van der Waals surface area contributed by atoms with Crippen LogP contribution in [0, 0.1) is 6.92 Å². The summed E-state index contributed by atoms with van der Waals surface area (Å²) < 4.78 is 5.52. The van der Waals surface area contributed by atoms with Gasteiger partial charge in [-0.3, -0.25) is 9.69 Å². The third-order valence-electron chi connectivity index (χ3n) is 7.72. The number of ether oxygens (including phenoxy) is 1. The van der Waals surface area contributed by atoms with Crippen LogP contribution in [0.15, 0.2) is 60.7 Å². The van der Waals surface area contributed by atoms with Crippen LogP contribution in [0.4, 0.5) is 10.5 Å². The fraction of sp³-hybridized carbons (Fsp3) is 0.471. The third kappa shape index (κ3) is 8.90. The molecule has 1 aromatic heterocycles. The molecule has 8 heteroatoms. The molecule has 0 atom stereocenters. The van der Waals surface area contributed by atoms with Crippen molar-refractivity contribution in [1.29, 1.82) is 0 Å². The lowest BCUT2D eigenvalue weighted by molar-refractivity contribution is -0.133. The van der Waals surface area contributed by atoms with E-state index in [1.807, 2.05) is 35.2 Å². The SMILES string of the molecule is Cc1ccc(CN(Cc2ccccc2)C(=O)CN(CCN2CCOCC2)C(=O)Nc2c(C(C)C)cccc2C(C)C)s1. The Morgan fingerprint density at radius 1 is 0.881 bits per heavy atom. The monoisotopic (exact) mass is 590 g/mol. The first kappa shape index (κ1) is 31.7. The van der Waals surface area contributed by atoms with Gasteiger partial charge >= 0.3 is 6.03 Å². The first-order valence-corrected chi connectivity index (χ1v) is 15.9. The van der Waals surface area contributed by atoms with E-state index < -0.39 is 0 Å². The van der Waals surface area contributed by atoms with Crippen molar-refractivity contribution in [2.24, 2.45) is 0 Å². The van der Waals surface area contributed by atoms with Gasteiger partial charge in [0.1, 0.15) is 6.54 Å². The molecule has 1 N–H and O–H groups in total. The van der Waals surface area contributed by atoms with Gasteiger partial charge < -0.3 is 19.9 Å². The highest BCUT2D eigenvalue weighted by Gasteiger charge is 2.25. The van der Waals surface area contributed by atoms with E-state index in [1.165, 1.54) is 4.88 Å². The van der Waals surface area contributed by atoms with E-state index in [4.69, 9.17) is 4.74 Å². The maximum atomic E-state index is 14.0. The lowest BCUT2D eigenvalue weighted by atomic mass is 9.93. The van der Waals surface area contributed by atoms with Gasteiger partial charge in [-0.05, 0) is 47.6 Å². The summed E-state index contributed by atoms with van der Waals surface area (Å²) >= 11 is 1.70. The number of aryl methyl sites for hydroxylation is 1. The molecule has 0 bridgehead atoms. The van der Waals surface area contributed by atoms with Crippen molar-refractivity contribution in [1.82, 2.24) is 14.7 Å². The summed E-state index contributed by atoms with van der Waals surface area (Å²) in [6.07, 6.45) is 0. The number of amides is 3. The number of nitrogens with one attached hydrogen (secondary N) is 1. The highest BCUT2D eigenvalue weighted by Crippen LogP contribution is 2.32. The smallest absolute Gasteiger partial charge is 0.322 e. The standard InChI is InChI=1S/C34H46N4O3S/c1-25(2)30-12-9-13-31(26(3)4)33(30)35-34(40)37(17-16-36-18-20-41-21-19-36)24-32(39)38(22-28-10-7-6-8-11-28)23-29-15-14-27(5)42-29/h6-15,25-26H,16-24H2,1-5H3,(H,35,40). The Balaban J connectivity index is 1.58. The predicted octanol–water partition coefficient (Wildman–Crippen LogP) is 6.70. The van der Waals surface area contributed by atoms with Crippen LogP contribution < -0.4 is 5.32 Å². The molecule has 0 aliphatic carbocycles. The lowest BCUT2D eigenvalue weighted by Crippen LogP contribution is -2.48. The minimum absolute atomic E-state index is 0.00816. The van der Waals surface area contributed by atoms with Crippen LogP contribution in [0.25, 0.3) is 0 Å². The number of anilines is 1. The highest BCUT2D eigenvalue weighted by atomic mass is 32.1. The molecular weight excluding hydrogens is 544 g/mol. The zero-order valence-electron chi connectivity index (χ0n) is 25.8. The molecule has 0 spiro atoms. The molecule has 3 amide bonds. The molecule has 3 aromatic rings. The second-order valence-corrected chi connectivity index (χ2v) is 13.0. The average Bonchev–Trinajstić information content (AvgIpc) is 3.39. The first-order valence-electron chi connectivity index (χ1n) is 15.1. The van der Waals surface area contributed by atoms with Crippen molar-refractivity contribution in [2.75, 3.05) is 51.3 Å². The normalized spacial score (nSPS) is 13.9. The Hall–Kier alpha value is -3.20. The maximum absolute atomic E-state index is 14.0. The number of hydrogen-bond donors (Lipinski definition) is 1. The fourth-order valence-electron chi connectivity index (χ4n) is 5.28. The van der Waals surface area contributed by atoms with Gasteiger partial charge in [-0.2, -0.15) is 0 Å². The Morgan fingerprint density at radius 2 is 1.55 bits per heavy atom. The molecule has 4 rings (SSSR count). The molecule has 2 aromatic carbocycles. The second kappa shape index (κ2) is 15.3. The molecule has 2 heterocycles. The van der Waals surface area contributed by atoms with Crippen LogP contribution in [0.3, 0.4) is 0 Å². The number of carbonyl (C=O) groups is 2. The highest BCUT2D eigenvalue weighted by molar-refractivity contribution is 7.11. The zero-order chi connectivity index (χ0) is 30.1. The summed E-state index contributed by atoms with van der Waals surface area (Å²) in [4.78, 5) is 36.2. The third-order valence-corrected chi connectivity index (χ3v) is 8.71. The number of rotatable bonds is 12. The second-order valence-electron chi connectivity index (χ2n) is 11.7. The van der Waals surface area contributed by atoms with Crippen LogP contribution in [-0.2, 0) is 22.6 Å². The number of para-hydroxylation sites is 1. The average molecular weight is 591 g/mol. The molecule has 0 radical (unpaired) electrons. The largest absolute Gasteiger partial charge is 0.379 e. The van der Waals surface area contributed by atoms with Gasteiger partial charge in [0.15, 0.2) is 0 Å². The van der Waals surface area contributed by atoms with Crippen molar-refractivity contribution < 1.29 is 14.3 Å². The Kier molecular flexibility index (Phi) is 11.6. The summed E-state index contributed by atoms with van der Waals surface area (Å²) in [6.45, 7) is 15.8. The summed E-state index contributed by atoms with van der Waals surface area (Å²) in [6, 6.07) is 20.2. The number of morpholine rings is 1. The minimum atomic E-state index is -0.238. The predicted molar refractivity (Wildman–Crippen MR) is 172 cm³/mol. The Bertz CT molecular complexity index is 1270. The topological polar surface area (TPSA) is 65.1 Å². The number of nitrogens with zero attached hydrogens (tertiary/aromatic N) is 3. The van der Waals surface area contributed by atoms with Crippen molar-refractivity contribution in [3.8, 4) is 0 Å². The molecule has 1 saturated heterocycles. The molecule has 1 aliphatic rings. The van der Waals surface area contributed by atoms with E-state index in [0.717, 1.165) is 40.3 Å². The molecule has 0 unspecified atom stereocenters. The molecule has 42 heavy (non-hydrogen) atoms. The van der Waals surface area contributed by atoms with E-state index in [-0.39, 0.29) is 30.3 Å². The van der Waals surface area contributed by atoms with Crippen LogP contribution in [-0.4, -0.2) is 72.6 Å². The Labute approximate surface area is 255 Å². The summed E-state index contributed by atoms with van der Waals surface area (Å²) in [5.74, 6) is 0.430. The fourth-order valence-corrected chi connectivity index (χ4v) is 6.18. The number of urea groups is 1. The van der Waals surface area contributed by atoms with Crippen molar-refractivity contribution in [3.05, 3.63) is 87.1 Å². The number of thiophene rings is 1. The van der Waals surface area contributed by atoms with Gasteiger partial charge in [0.25, 0.3) is 0 Å². The zero-order valence-corrected chi connectivity index (χ0v) is 26.6. The van der Waals surface area contributed by atoms with Crippen molar-refractivity contribution in [3.63, 3.8) is 0 Å². The maximum Gasteiger partial charge on any atom is 0.322 e. The summed E-state index contributed by atoms with van der Waals surface area (Å²) in [5.41, 5.74) is 4.14. The molecule has 1 fully saturated rings. The number of benzene rings is 2. The molecule has 7 nitrogen and oxygen atoms in total. The quantitative estimate of drug-likeness (QED) is 0.255. The van der Waals surface area contributed by atoms with Gasteiger partial charge in [-0.25, -0.2) is 4.79 Å².